The van der Waals surface area contributed by atoms with Crippen LogP contribution in [-0.4, -0.2) is 18.4 Å². The summed E-state index contributed by atoms with van der Waals surface area (Å²) in [6.45, 7) is 0.456. The molecule has 0 spiro atoms. The first kappa shape index (κ1) is 16.1. The Bertz CT molecular complexity index is 729. The van der Waals surface area contributed by atoms with Gasteiger partial charge in [-0.15, -0.1) is 0 Å². The van der Waals surface area contributed by atoms with Gasteiger partial charge in [0.1, 0.15) is 5.75 Å². The van der Waals surface area contributed by atoms with E-state index in [1.165, 1.54) is 0 Å². The summed E-state index contributed by atoms with van der Waals surface area (Å²) in [5.41, 5.74) is 2.92. The molecule has 1 aliphatic heterocycles. The lowest BCUT2D eigenvalue weighted by molar-refractivity contribution is -0.123. The van der Waals surface area contributed by atoms with E-state index in [0.29, 0.717) is 18.7 Å². The van der Waals surface area contributed by atoms with Gasteiger partial charge in [-0.05, 0) is 42.2 Å². The fourth-order valence-corrected chi connectivity index (χ4v) is 2.64. The van der Waals surface area contributed by atoms with Crippen molar-refractivity contribution in [3.05, 3.63) is 59.7 Å². The average Bonchev–Trinajstić information content (AvgIpc) is 2.79. The van der Waals surface area contributed by atoms with Gasteiger partial charge in [0.05, 0.1) is 0 Å². The Morgan fingerprint density at radius 1 is 1.12 bits per heavy atom. The number of anilines is 1. The van der Waals surface area contributed by atoms with Gasteiger partial charge < -0.3 is 15.4 Å². The molecule has 5 nitrogen and oxygen atoms in total. The smallest absolute Gasteiger partial charge is 0.258 e. The highest BCUT2D eigenvalue weighted by Crippen LogP contribution is 2.26. The highest BCUT2D eigenvalue weighted by molar-refractivity contribution is 5.92. The number of ether oxygens (including phenoxy) is 1. The van der Waals surface area contributed by atoms with Crippen LogP contribution in [0.5, 0.6) is 5.75 Å². The highest BCUT2D eigenvalue weighted by atomic mass is 16.5. The number of carbonyl (C=O) groups excluding carboxylic acids is 2. The minimum absolute atomic E-state index is 0.0298. The molecule has 0 aliphatic carbocycles. The summed E-state index contributed by atoms with van der Waals surface area (Å²) < 4.78 is 5.57. The van der Waals surface area contributed by atoms with Crippen molar-refractivity contribution in [2.45, 2.75) is 25.8 Å². The van der Waals surface area contributed by atoms with Gasteiger partial charge in [0.15, 0.2) is 6.61 Å². The topological polar surface area (TPSA) is 67.4 Å². The van der Waals surface area contributed by atoms with E-state index in [-0.39, 0.29) is 18.4 Å². The van der Waals surface area contributed by atoms with Gasteiger partial charge in [0.2, 0.25) is 5.91 Å². The Balaban J connectivity index is 1.52. The molecule has 124 valence electrons. The number of hydrogen-bond acceptors (Lipinski definition) is 3. The molecule has 0 saturated heterocycles. The number of aryl methyl sites for hydroxylation is 1. The van der Waals surface area contributed by atoms with Crippen LogP contribution in [0, 0.1) is 0 Å². The van der Waals surface area contributed by atoms with Crippen molar-refractivity contribution >= 4 is 17.5 Å². The van der Waals surface area contributed by atoms with Gasteiger partial charge in [-0.2, -0.15) is 0 Å². The number of hydrogen-bond donors (Lipinski definition) is 2. The number of amides is 2. The molecule has 3 rings (SSSR count). The van der Waals surface area contributed by atoms with Crippen LogP contribution in [0.2, 0.25) is 0 Å². The Kier molecular flexibility index (Phi) is 5.11. The monoisotopic (exact) mass is 324 g/mol. The second-order valence-electron chi connectivity index (χ2n) is 5.77. The van der Waals surface area contributed by atoms with E-state index in [1.54, 1.807) is 6.07 Å². The van der Waals surface area contributed by atoms with Crippen LogP contribution < -0.4 is 15.4 Å². The molecule has 0 fully saturated rings. The second-order valence-corrected chi connectivity index (χ2v) is 5.77. The lowest BCUT2D eigenvalue weighted by Crippen LogP contribution is -2.28. The van der Waals surface area contributed by atoms with Crippen molar-refractivity contribution in [1.82, 2.24) is 5.32 Å². The Hall–Kier alpha value is -2.82. The van der Waals surface area contributed by atoms with Gasteiger partial charge in [-0.1, -0.05) is 30.3 Å². The molecule has 2 aromatic rings. The average molecular weight is 324 g/mol. The zero-order valence-corrected chi connectivity index (χ0v) is 13.4. The summed E-state index contributed by atoms with van der Waals surface area (Å²) in [6, 6.07) is 15.2. The predicted molar refractivity (Wildman–Crippen MR) is 91.8 cm³/mol. The molecule has 1 heterocycles. The van der Waals surface area contributed by atoms with E-state index in [4.69, 9.17) is 4.74 Å². The summed E-state index contributed by atoms with van der Waals surface area (Å²) in [7, 11) is 0. The molecule has 2 amide bonds. The number of benzene rings is 2. The van der Waals surface area contributed by atoms with Crippen molar-refractivity contribution in [2.75, 3.05) is 11.9 Å². The van der Waals surface area contributed by atoms with Gasteiger partial charge >= 0.3 is 0 Å². The standard InChI is InChI=1S/C19H20N2O3/c22-18-8-4-7-15-11-16(9-10-17(15)21-18)24-13-19(23)20-12-14-5-2-1-3-6-14/h1-3,5-6,9-11H,4,7-8,12-13H2,(H,20,23)(H,21,22). The molecular formula is C19H20N2O3. The Morgan fingerprint density at radius 2 is 1.96 bits per heavy atom. The number of nitrogens with one attached hydrogen (secondary N) is 2. The third-order valence-corrected chi connectivity index (χ3v) is 3.90. The SMILES string of the molecule is O=C(COc1ccc2c(c1)CCCC(=O)N2)NCc1ccccc1. The molecule has 0 radical (unpaired) electrons. The molecule has 5 heteroatoms. The quantitative estimate of drug-likeness (QED) is 0.888. The number of carbonyl (C=O) groups is 2. The Labute approximate surface area is 141 Å². The zero-order valence-electron chi connectivity index (χ0n) is 13.4. The lowest BCUT2D eigenvalue weighted by atomic mass is 10.1. The van der Waals surface area contributed by atoms with Crippen molar-refractivity contribution in [2.24, 2.45) is 0 Å². The van der Waals surface area contributed by atoms with Crippen LogP contribution in [-0.2, 0) is 22.6 Å². The third kappa shape index (κ3) is 4.35. The van der Waals surface area contributed by atoms with Gasteiger partial charge in [0.25, 0.3) is 5.91 Å². The first-order valence-corrected chi connectivity index (χ1v) is 8.07. The van der Waals surface area contributed by atoms with E-state index in [1.807, 2.05) is 42.5 Å². The summed E-state index contributed by atoms with van der Waals surface area (Å²) in [6.07, 6.45) is 2.18. The maximum absolute atomic E-state index is 11.9. The fourth-order valence-electron chi connectivity index (χ4n) is 2.64. The van der Waals surface area contributed by atoms with Crippen LogP contribution in [0.15, 0.2) is 48.5 Å². The van der Waals surface area contributed by atoms with Crippen molar-refractivity contribution in [1.29, 1.82) is 0 Å². The van der Waals surface area contributed by atoms with E-state index >= 15 is 0 Å². The van der Waals surface area contributed by atoms with E-state index in [0.717, 1.165) is 29.7 Å². The maximum Gasteiger partial charge on any atom is 0.258 e. The highest BCUT2D eigenvalue weighted by Gasteiger charge is 2.13. The zero-order chi connectivity index (χ0) is 16.8. The predicted octanol–water partition coefficient (Wildman–Crippen LogP) is 2.66. The molecule has 0 saturated carbocycles. The molecule has 2 aromatic carbocycles. The maximum atomic E-state index is 11.9. The van der Waals surface area contributed by atoms with Crippen molar-refractivity contribution in [3.8, 4) is 5.75 Å². The molecule has 0 unspecified atom stereocenters. The number of rotatable bonds is 5. The van der Waals surface area contributed by atoms with E-state index in [2.05, 4.69) is 10.6 Å². The third-order valence-electron chi connectivity index (χ3n) is 3.90. The molecule has 24 heavy (non-hydrogen) atoms. The second kappa shape index (κ2) is 7.64. The van der Waals surface area contributed by atoms with Crippen LogP contribution in [0.25, 0.3) is 0 Å². The minimum atomic E-state index is -0.165. The molecule has 0 bridgehead atoms. The molecular weight excluding hydrogens is 304 g/mol. The first-order valence-electron chi connectivity index (χ1n) is 8.07. The summed E-state index contributed by atoms with van der Waals surface area (Å²) in [5, 5.41) is 5.71. The van der Waals surface area contributed by atoms with Gasteiger partial charge in [-0.3, -0.25) is 9.59 Å². The molecule has 1 aliphatic rings. The first-order chi connectivity index (χ1) is 11.7. The van der Waals surface area contributed by atoms with Gasteiger partial charge in [-0.25, -0.2) is 0 Å². The van der Waals surface area contributed by atoms with Crippen LogP contribution in [0.1, 0.15) is 24.0 Å². The lowest BCUT2D eigenvalue weighted by Gasteiger charge is -2.11. The summed E-state index contributed by atoms with van der Waals surface area (Å²) in [5.74, 6) is 0.518. The minimum Gasteiger partial charge on any atom is -0.484 e. The van der Waals surface area contributed by atoms with Crippen molar-refractivity contribution < 1.29 is 14.3 Å². The normalized spacial score (nSPS) is 13.4. The van der Waals surface area contributed by atoms with Crippen LogP contribution >= 0.6 is 0 Å². The summed E-state index contributed by atoms with van der Waals surface area (Å²) in [4.78, 5) is 23.4. The van der Waals surface area contributed by atoms with E-state index in [9.17, 15) is 9.59 Å². The number of fused-ring (bicyclic) bond motifs is 1. The molecule has 0 atom stereocenters. The van der Waals surface area contributed by atoms with E-state index < -0.39 is 0 Å². The largest absolute Gasteiger partial charge is 0.484 e. The van der Waals surface area contributed by atoms with Crippen molar-refractivity contribution in [3.63, 3.8) is 0 Å². The Morgan fingerprint density at radius 3 is 2.79 bits per heavy atom. The van der Waals surface area contributed by atoms with Gasteiger partial charge in [0, 0.05) is 18.7 Å². The van der Waals surface area contributed by atoms with Crippen LogP contribution in [0.3, 0.4) is 0 Å². The molecule has 2 N–H and O–H groups in total. The fraction of sp³-hybridized carbons (Fsp3) is 0.263. The van der Waals surface area contributed by atoms with Crippen LogP contribution in [0.4, 0.5) is 5.69 Å². The molecule has 0 aromatic heterocycles. The summed E-state index contributed by atoms with van der Waals surface area (Å²) >= 11 is 0.